The SMILES string of the molecule is CCOC(=O)CN(C(=O)NC(=O)C=CC(=O)O)C(C)C. The van der Waals surface area contributed by atoms with Crippen LogP contribution in [0.5, 0.6) is 0 Å². The summed E-state index contributed by atoms with van der Waals surface area (Å²) in [5.41, 5.74) is 0. The first-order chi connectivity index (χ1) is 9.27. The maximum Gasteiger partial charge on any atom is 0.328 e. The summed E-state index contributed by atoms with van der Waals surface area (Å²) in [5.74, 6) is -2.78. The third-order valence-electron chi connectivity index (χ3n) is 2.10. The van der Waals surface area contributed by atoms with Crippen LogP contribution < -0.4 is 5.32 Å². The van der Waals surface area contributed by atoms with Gasteiger partial charge in [-0.2, -0.15) is 0 Å². The lowest BCUT2D eigenvalue weighted by molar-refractivity contribution is -0.144. The van der Waals surface area contributed by atoms with Gasteiger partial charge < -0.3 is 14.7 Å². The minimum absolute atomic E-state index is 0.187. The van der Waals surface area contributed by atoms with Crippen molar-refractivity contribution in [3.63, 3.8) is 0 Å². The van der Waals surface area contributed by atoms with E-state index in [1.165, 1.54) is 0 Å². The van der Waals surface area contributed by atoms with Gasteiger partial charge in [-0.05, 0) is 20.8 Å². The van der Waals surface area contributed by atoms with Crippen LogP contribution in [0.4, 0.5) is 4.79 Å². The normalized spacial score (nSPS) is 10.4. The number of carbonyl (C=O) groups is 4. The number of esters is 1. The van der Waals surface area contributed by atoms with Crippen LogP contribution >= 0.6 is 0 Å². The van der Waals surface area contributed by atoms with Crippen LogP contribution in [0.15, 0.2) is 12.2 Å². The van der Waals surface area contributed by atoms with Crippen LogP contribution in [0.2, 0.25) is 0 Å². The summed E-state index contributed by atoms with van der Waals surface area (Å²) in [6.45, 7) is 4.85. The van der Waals surface area contributed by atoms with E-state index >= 15 is 0 Å². The molecule has 0 saturated heterocycles. The molecule has 0 aliphatic heterocycles. The van der Waals surface area contributed by atoms with Crippen LogP contribution in [0, 0.1) is 0 Å². The Morgan fingerprint density at radius 3 is 2.30 bits per heavy atom. The van der Waals surface area contributed by atoms with Gasteiger partial charge in [0.1, 0.15) is 6.54 Å². The van der Waals surface area contributed by atoms with Crippen molar-refractivity contribution in [2.24, 2.45) is 0 Å². The number of nitrogens with zero attached hydrogens (tertiary/aromatic N) is 1. The Morgan fingerprint density at radius 2 is 1.85 bits per heavy atom. The molecule has 0 aromatic heterocycles. The fourth-order valence-corrected chi connectivity index (χ4v) is 1.20. The van der Waals surface area contributed by atoms with Gasteiger partial charge in [0.25, 0.3) is 5.91 Å². The molecular formula is C12H18N2O6. The molecule has 112 valence electrons. The van der Waals surface area contributed by atoms with Gasteiger partial charge in [-0.3, -0.25) is 14.9 Å². The van der Waals surface area contributed by atoms with E-state index in [-0.39, 0.29) is 19.2 Å². The highest BCUT2D eigenvalue weighted by Gasteiger charge is 2.21. The van der Waals surface area contributed by atoms with Crippen molar-refractivity contribution >= 4 is 23.9 Å². The van der Waals surface area contributed by atoms with Crippen molar-refractivity contribution in [2.45, 2.75) is 26.8 Å². The predicted molar refractivity (Wildman–Crippen MR) is 68.8 cm³/mol. The maximum absolute atomic E-state index is 11.8. The number of amides is 3. The number of hydrogen-bond donors (Lipinski definition) is 2. The molecule has 0 heterocycles. The average Bonchev–Trinajstić information content (AvgIpc) is 2.33. The molecule has 0 atom stereocenters. The molecule has 0 aliphatic rings. The second-order valence-electron chi connectivity index (χ2n) is 3.99. The van der Waals surface area contributed by atoms with Gasteiger partial charge in [0.2, 0.25) is 0 Å². The van der Waals surface area contributed by atoms with E-state index in [1.807, 2.05) is 5.32 Å². The highest BCUT2D eigenvalue weighted by atomic mass is 16.5. The zero-order chi connectivity index (χ0) is 15.7. The molecule has 3 amide bonds. The number of ether oxygens (including phenoxy) is 1. The summed E-state index contributed by atoms with van der Waals surface area (Å²) in [7, 11) is 0. The third kappa shape index (κ3) is 7.14. The molecule has 0 bridgehead atoms. The Hall–Kier alpha value is -2.38. The number of nitrogens with one attached hydrogen (secondary N) is 1. The Bertz CT molecular complexity index is 416. The van der Waals surface area contributed by atoms with Crippen molar-refractivity contribution in [1.82, 2.24) is 10.2 Å². The van der Waals surface area contributed by atoms with Crippen LogP contribution in [-0.2, 0) is 19.1 Å². The average molecular weight is 286 g/mol. The monoisotopic (exact) mass is 286 g/mol. The summed E-state index contributed by atoms with van der Waals surface area (Å²) < 4.78 is 4.72. The standard InChI is InChI=1S/C12H18N2O6/c1-4-20-11(18)7-14(8(2)3)12(19)13-9(15)5-6-10(16)17/h5-6,8H,4,7H2,1-3H3,(H,16,17)(H,13,15,19). The Kier molecular flexibility index (Phi) is 7.64. The van der Waals surface area contributed by atoms with Crippen LogP contribution in [-0.4, -0.2) is 53.1 Å². The molecule has 0 unspecified atom stereocenters. The van der Waals surface area contributed by atoms with Crippen LogP contribution in [0.1, 0.15) is 20.8 Å². The number of urea groups is 1. The molecule has 20 heavy (non-hydrogen) atoms. The van der Waals surface area contributed by atoms with E-state index in [1.54, 1.807) is 20.8 Å². The summed E-state index contributed by atoms with van der Waals surface area (Å²) in [5, 5.41) is 10.3. The maximum atomic E-state index is 11.8. The Balaban J connectivity index is 4.62. The lowest BCUT2D eigenvalue weighted by Gasteiger charge is -2.25. The fraction of sp³-hybridized carbons (Fsp3) is 0.500. The largest absolute Gasteiger partial charge is 0.478 e. The first-order valence-corrected chi connectivity index (χ1v) is 5.96. The van der Waals surface area contributed by atoms with Crippen molar-refractivity contribution < 1.29 is 29.0 Å². The molecule has 0 fully saturated rings. The summed E-state index contributed by atoms with van der Waals surface area (Å²) in [6.07, 6.45) is 1.32. The lowest BCUT2D eigenvalue weighted by Crippen LogP contribution is -2.48. The zero-order valence-electron chi connectivity index (χ0n) is 11.6. The quantitative estimate of drug-likeness (QED) is 0.530. The number of carboxylic acid groups (broad SMARTS) is 1. The fourth-order valence-electron chi connectivity index (χ4n) is 1.20. The minimum atomic E-state index is -1.31. The molecule has 0 radical (unpaired) electrons. The molecule has 2 N–H and O–H groups in total. The van der Waals surface area contributed by atoms with E-state index in [4.69, 9.17) is 9.84 Å². The number of hydrogen-bond acceptors (Lipinski definition) is 5. The number of carbonyl (C=O) groups excluding carboxylic acids is 3. The minimum Gasteiger partial charge on any atom is -0.478 e. The molecule has 0 aromatic rings. The molecule has 0 spiro atoms. The van der Waals surface area contributed by atoms with Gasteiger partial charge in [-0.25, -0.2) is 9.59 Å². The van der Waals surface area contributed by atoms with E-state index in [0.717, 1.165) is 4.90 Å². The first kappa shape index (κ1) is 17.6. The number of imide groups is 1. The summed E-state index contributed by atoms with van der Waals surface area (Å²) in [4.78, 5) is 45.7. The molecule has 0 aromatic carbocycles. The number of carboxylic acids is 1. The molecule has 0 aliphatic carbocycles. The molecule has 8 nitrogen and oxygen atoms in total. The van der Waals surface area contributed by atoms with Gasteiger partial charge in [-0.15, -0.1) is 0 Å². The second-order valence-corrected chi connectivity index (χ2v) is 3.99. The van der Waals surface area contributed by atoms with Gasteiger partial charge in [0.05, 0.1) is 6.61 Å². The van der Waals surface area contributed by atoms with Crippen molar-refractivity contribution in [2.75, 3.05) is 13.2 Å². The lowest BCUT2D eigenvalue weighted by atomic mass is 10.3. The van der Waals surface area contributed by atoms with Gasteiger partial charge in [0, 0.05) is 18.2 Å². The predicted octanol–water partition coefficient (Wildman–Crippen LogP) is 0.137. The summed E-state index contributed by atoms with van der Waals surface area (Å²) >= 11 is 0. The van der Waals surface area contributed by atoms with Crippen molar-refractivity contribution in [3.05, 3.63) is 12.2 Å². The van der Waals surface area contributed by atoms with E-state index in [9.17, 15) is 19.2 Å². The van der Waals surface area contributed by atoms with Crippen molar-refractivity contribution in [1.29, 1.82) is 0 Å². The summed E-state index contributed by atoms with van der Waals surface area (Å²) in [6, 6.07) is -1.14. The smallest absolute Gasteiger partial charge is 0.328 e. The number of aliphatic carboxylic acids is 1. The first-order valence-electron chi connectivity index (χ1n) is 5.96. The van der Waals surface area contributed by atoms with Gasteiger partial charge in [-0.1, -0.05) is 0 Å². The van der Waals surface area contributed by atoms with Crippen LogP contribution in [0.25, 0.3) is 0 Å². The topological polar surface area (TPSA) is 113 Å². The molecule has 8 heteroatoms. The number of rotatable bonds is 6. The van der Waals surface area contributed by atoms with Crippen molar-refractivity contribution in [3.8, 4) is 0 Å². The molecular weight excluding hydrogens is 268 g/mol. The molecule has 0 rings (SSSR count). The molecule has 0 saturated carbocycles. The highest BCUT2D eigenvalue weighted by Crippen LogP contribution is 2.00. The highest BCUT2D eigenvalue weighted by molar-refractivity contribution is 6.03. The van der Waals surface area contributed by atoms with Gasteiger partial charge in [0.15, 0.2) is 0 Å². The van der Waals surface area contributed by atoms with E-state index in [2.05, 4.69) is 0 Å². The Morgan fingerprint density at radius 1 is 1.25 bits per heavy atom. The van der Waals surface area contributed by atoms with E-state index < -0.39 is 23.9 Å². The van der Waals surface area contributed by atoms with Crippen LogP contribution in [0.3, 0.4) is 0 Å². The van der Waals surface area contributed by atoms with E-state index in [0.29, 0.717) is 12.2 Å². The Labute approximate surface area is 116 Å². The second kappa shape index (κ2) is 8.68. The zero-order valence-corrected chi connectivity index (χ0v) is 11.6. The third-order valence-corrected chi connectivity index (χ3v) is 2.10. The van der Waals surface area contributed by atoms with Gasteiger partial charge >= 0.3 is 18.0 Å².